The number of hydrogen-bond acceptors (Lipinski definition) is 0. The summed E-state index contributed by atoms with van der Waals surface area (Å²) in [6, 6.07) is 6.37. The molecule has 0 aromatic rings. The van der Waals surface area contributed by atoms with Gasteiger partial charge in [-0.1, -0.05) is 64.2 Å². The Morgan fingerprint density at radius 3 is 2.33 bits per heavy atom. The summed E-state index contributed by atoms with van der Waals surface area (Å²) in [5.41, 5.74) is 0. The third-order valence-electron chi connectivity index (χ3n) is 4.12. The molecule has 0 amide bonds. The fourth-order valence-electron chi connectivity index (χ4n) is 2.82. The Kier molecular flexibility index (Phi) is 3.82. The first-order valence-electron chi connectivity index (χ1n) is 5.76. The van der Waals surface area contributed by atoms with Crippen molar-refractivity contribution in [3.63, 3.8) is 0 Å². The van der Waals surface area contributed by atoms with Gasteiger partial charge in [0.25, 0.3) is 0 Å². The third kappa shape index (κ3) is 2.12. The van der Waals surface area contributed by atoms with Gasteiger partial charge in [0.2, 0.25) is 0 Å². The van der Waals surface area contributed by atoms with Gasteiger partial charge in [-0.25, -0.2) is 0 Å². The topological polar surface area (TPSA) is 0 Å². The zero-order valence-electron chi connectivity index (χ0n) is 9.03. The number of rotatable bonds is 3. The summed E-state index contributed by atoms with van der Waals surface area (Å²) in [5, 5.41) is 0. The van der Waals surface area contributed by atoms with Crippen LogP contribution in [-0.4, -0.2) is 8.07 Å². The standard InChI is InChI=1S/C11H24Si/c1-4-11-8-7-9-12(5-2,6-3)10-11/h11H,4-10H2,1-3H3. The van der Waals surface area contributed by atoms with Crippen molar-refractivity contribution in [2.24, 2.45) is 5.92 Å². The van der Waals surface area contributed by atoms with Crippen LogP contribution in [0.25, 0.3) is 0 Å². The molecular weight excluding hydrogens is 160 g/mol. The first-order valence-corrected chi connectivity index (χ1v) is 8.59. The second-order valence-electron chi connectivity index (χ2n) is 4.58. The molecule has 1 fully saturated rings. The number of hydrogen-bond donors (Lipinski definition) is 0. The molecule has 0 N–H and O–H groups in total. The monoisotopic (exact) mass is 184 g/mol. The van der Waals surface area contributed by atoms with Crippen molar-refractivity contribution in [3.8, 4) is 0 Å². The molecule has 0 aliphatic carbocycles. The van der Waals surface area contributed by atoms with Crippen molar-refractivity contribution in [3.05, 3.63) is 0 Å². The molecule has 1 atom stereocenters. The van der Waals surface area contributed by atoms with E-state index in [1.54, 1.807) is 30.6 Å². The normalized spacial score (nSPS) is 28.8. The fraction of sp³-hybridized carbons (Fsp3) is 1.00. The van der Waals surface area contributed by atoms with E-state index in [0.717, 1.165) is 5.92 Å². The molecule has 1 unspecified atom stereocenters. The van der Waals surface area contributed by atoms with Crippen LogP contribution in [0.5, 0.6) is 0 Å². The molecule has 1 aliphatic rings. The molecule has 1 heterocycles. The maximum atomic E-state index is 2.44. The van der Waals surface area contributed by atoms with Crippen molar-refractivity contribution in [1.29, 1.82) is 0 Å². The van der Waals surface area contributed by atoms with Gasteiger partial charge in [-0.3, -0.25) is 0 Å². The van der Waals surface area contributed by atoms with Gasteiger partial charge in [0, 0.05) is 0 Å². The van der Waals surface area contributed by atoms with E-state index in [1.807, 2.05) is 0 Å². The molecule has 0 aromatic heterocycles. The molecule has 0 radical (unpaired) electrons. The summed E-state index contributed by atoms with van der Waals surface area (Å²) in [5.74, 6) is 1.10. The highest BCUT2D eigenvalue weighted by Gasteiger charge is 2.34. The molecule has 1 aliphatic heterocycles. The summed E-state index contributed by atoms with van der Waals surface area (Å²) in [6.07, 6.45) is 4.52. The molecule has 0 nitrogen and oxygen atoms in total. The summed E-state index contributed by atoms with van der Waals surface area (Å²) in [4.78, 5) is 0. The predicted octanol–water partition coefficient (Wildman–Crippen LogP) is 4.30. The van der Waals surface area contributed by atoms with Crippen LogP contribution < -0.4 is 0 Å². The van der Waals surface area contributed by atoms with Crippen molar-refractivity contribution in [2.45, 2.75) is 64.2 Å². The van der Waals surface area contributed by atoms with Gasteiger partial charge in [0.05, 0.1) is 8.07 Å². The second-order valence-corrected chi connectivity index (χ2v) is 9.90. The Balaban J connectivity index is 2.52. The van der Waals surface area contributed by atoms with E-state index in [0.29, 0.717) is 0 Å². The van der Waals surface area contributed by atoms with E-state index in [-0.39, 0.29) is 0 Å². The second kappa shape index (κ2) is 4.45. The van der Waals surface area contributed by atoms with Gasteiger partial charge in [-0.2, -0.15) is 0 Å². The van der Waals surface area contributed by atoms with Crippen LogP contribution in [-0.2, 0) is 0 Å². The lowest BCUT2D eigenvalue weighted by atomic mass is 10.0. The zero-order valence-corrected chi connectivity index (χ0v) is 10.0. The van der Waals surface area contributed by atoms with Crippen LogP contribution in [0.2, 0.25) is 24.2 Å². The molecule has 72 valence electrons. The first kappa shape index (κ1) is 10.3. The van der Waals surface area contributed by atoms with Crippen LogP contribution in [0.3, 0.4) is 0 Å². The van der Waals surface area contributed by atoms with Gasteiger partial charge in [0.1, 0.15) is 0 Å². The van der Waals surface area contributed by atoms with Crippen molar-refractivity contribution >= 4 is 8.07 Å². The molecule has 1 saturated heterocycles. The summed E-state index contributed by atoms with van der Waals surface area (Å²) in [6.45, 7) is 7.25. The largest absolute Gasteiger partial charge is 0.0678 e. The van der Waals surface area contributed by atoms with E-state index >= 15 is 0 Å². The lowest BCUT2D eigenvalue weighted by molar-refractivity contribution is 0.475. The van der Waals surface area contributed by atoms with Gasteiger partial charge in [-0.05, 0) is 5.92 Å². The van der Waals surface area contributed by atoms with Crippen LogP contribution >= 0.6 is 0 Å². The molecule has 12 heavy (non-hydrogen) atoms. The molecule has 1 rings (SSSR count). The van der Waals surface area contributed by atoms with Gasteiger partial charge < -0.3 is 0 Å². The molecular formula is C11H24Si. The molecule has 0 saturated carbocycles. The lowest BCUT2D eigenvalue weighted by Gasteiger charge is -2.38. The smallest absolute Gasteiger partial charge is 0.0533 e. The summed E-state index contributed by atoms with van der Waals surface area (Å²) < 4.78 is 0. The average Bonchev–Trinajstić information content (AvgIpc) is 2.18. The Hall–Kier alpha value is 0.217. The molecule has 0 aromatic carbocycles. The van der Waals surface area contributed by atoms with E-state index in [4.69, 9.17) is 0 Å². The fourth-order valence-corrected chi connectivity index (χ4v) is 7.48. The van der Waals surface area contributed by atoms with Crippen molar-refractivity contribution < 1.29 is 0 Å². The van der Waals surface area contributed by atoms with E-state index in [9.17, 15) is 0 Å². The Morgan fingerprint density at radius 2 is 1.83 bits per heavy atom. The Labute approximate surface area is 78.8 Å². The lowest BCUT2D eigenvalue weighted by Crippen LogP contribution is -2.37. The molecule has 1 heteroatoms. The van der Waals surface area contributed by atoms with E-state index in [1.165, 1.54) is 12.8 Å². The minimum absolute atomic E-state index is 0.715. The van der Waals surface area contributed by atoms with Crippen LogP contribution in [0.4, 0.5) is 0 Å². The Morgan fingerprint density at radius 1 is 1.17 bits per heavy atom. The quantitative estimate of drug-likeness (QED) is 0.574. The maximum Gasteiger partial charge on any atom is 0.0533 e. The van der Waals surface area contributed by atoms with Crippen LogP contribution in [0.1, 0.15) is 40.0 Å². The van der Waals surface area contributed by atoms with E-state index < -0.39 is 8.07 Å². The SMILES string of the molecule is CCC1CCC[Si](CC)(CC)C1. The highest BCUT2D eigenvalue weighted by Crippen LogP contribution is 2.38. The van der Waals surface area contributed by atoms with Crippen molar-refractivity contribution in [2.75, 3.05) is 0 Å². The van der Waals surface area contributed by atoms with Crippen LogP contribution in [0.15, 0.2) is 0 Å². The van der Waals surface area contributed by atoms with Gasteiger partial charge in [-0.15, -0.1) is 0 Å². The predicted molar refractivity (Wildman–Crippen MR) is 59.3 cm³/mol. The summed E-state index contributed by atoms with van der Waals surface area (Å²) in [7, 11) is -0.715. The third-order valence-corrected chi connectivity index (χ3v) is 9.98. The highest BCUT2D eigenvalue weighted by molar-refractivity contribution is 6.79. The average molecular weight is 184 g/mol. The minimum Gasteiger partial charge on any atom is -0.0678 e. The van der Waals surface area contributed by atoms with Gasteiger partial charge >= 0.3 is 0 Å². The minimum atomic E-state index is -0.715. The molecule has 0 bridgehead atoms. The van der Waals surface area contributed by atoms with E-state index in [2.05, 4.69) is 20.8 Å². The van der Waals surface area contributed by atoms with Crippen molar-refractivity contribution in [1.82, 2.24) is 0 Å². The first-order chi connectivity index (χ1) is 5.76. The zero-order chi connectivity index (χ0) is 9.03. The summed E-state index contributed by atoms with van der Waals surface area (Å²) >= 11 is 0. The maximum absolute atomic E-state index is 2.44. The van der Waals surface area contributed by atoms with Crippen LogP contribution in [0, 0.1) is 5.92 Å². The molecule has 0 spiro atoms. The highest BCUT2D eigenvalue weighted by atomic mass is 28.3. The van der Waals surface area contributed by atoms with Gasteiger partial charge in [0.15, 0.2) is 0 Å². The Bertz CT molecular complexity index is 127.